The van der Waals surface area contributed by atoms with E-state index in [2.05, 4.69) is 22.1 Å². The second-order valence-corrected chi connectivity index (χ2v) is 6.42. The van der Waals surface area contributed by atoms with Crippen LogP contribution in [0.3, 0.4) is 0 Å². The van der Waals surface area contributed by atoms with E-state index in [1.807, 2.05) is 40.2 Å². The number of fused-ring (bicyclic) bond motifs is 1. The van der Waals surface area contributed by atoms with E-state index in [1.165, 1.54) is 5.56 Å². The van der Waals surface area contributed by atoms with E-state index in [1.54, 1.807) is 0 Å². The van der Waals surface area contributed by atoms with Crippen molar-refractivity contribution in [1.82, 2.24) is 14.7 Å². The highest BCUT2D eigenvalue weighted by Crippen LogP contribution is 2.28. The minimum Gasteiger partial charge on any atom is -0.311 e. The van der Waals surface area contributed by atoms with Crippen LogP contribution in [0, 0.1) is 0 Å². The molecule has 23 heavy (non-hydrogen) atoms. The van der Waals surface area contributed by atoms with Crippen molar-refractivity contribution in [1.29, 1.82) is 0 Å². The van der Waals surface area contributed by atoms with E-state index in [0.717, 1.165) is 44.6 Å². The zero-order valence-corrected chi connectivity index (χ0v) is 13.3. The molecule has 1 aromatic heterocycles. The highest BCUT2D eigenvalue weighted by molar-refractivity contribution is 5.96. The van der Waals surface area contributed by atoms with Crippen LogP contribution in [0.25, 0.3) is 0 Å². The highest BCUT2D eigenvalue weighted by atomic mass is 16.2. The van der Waals surface area contributed by atoms with E-state index in [-0.39, 0.29) is 5.91 Å². The second-order valence-electron chi connectivity index (χ2n) is 6.42. The summed E-state index contributed by atoms with van der Waals surface area (Å²) in [5.41, 5.74) is 2.38. The van der Waals surface area contributed by atoms with Gasteiger partial charge in [-0.2, -0.15) is 5.10 Å². The average molecular weight is 310 g/mol. The van der Waals surface area contributed by atoms with Gasteiger partial charge >= 0.3 is 0 Å². The molecule has 0 spiro atoms. The molecule has 0 radical (unpaired) electrons. The maximum atomic E-state index is 12.8. The molecule has 5 heteroatoms. The van der Waals surface area contributed by atoms with Crippen molar-refractivity contribution in [3.8, 4) is 0 Å². The normalized spacial score (nSPS) is 20.9. The Morgan fingerprint density at radius 2 is 2.13 bits per heavy atom. The van der Waals surface area contributed by atoms with Crippen molar-refractivity contribution in [2.45, 2.75) is 31.8 Å². The molecular formula is C18H22N4O. The molecule has 1 unspecified atom stereocenters. The minimum absolute atomic E-state index is 0.224. The van der Waals surface area contributed by atoms with Crippen LogP contribution in [0.4, 0.5) is 5.69 Å². The number of aromatic nitrogens is 2. The van der Waals surface area contributed by atoms with E-state index >= 15 is 0 Å². The summed E-state index contributed by atoms with van der Waals surface area (Å²) < 4.78 is 1.97. The van der Waals surface area contributed by atoms with Gasteiger partial charge in [0.25, 0.3) is 0 Å². The molecule has 2 aliphatic rings. The fourth-order valence-corrected chi connectivity index (χ4v) is 3.79. The zero-order chi connectivity index (χ0) is 15.6. The summed E-state index contributed by atoms with van der Waals surface area (Å²) in [5, 5.41) is 4.30. The number of nitrogens with zero attached hydrogens (tertiary/aromatic N) is 4. The van der Waals surface area contributed by atoms with E-state index in [0.29, 0.717) is 12.6 Å². The quantitative estimate of drug-likeness (QED) is 0.866. The molecule has 0 saturated carbocycles. The molecule has 1 amide bonds. The summed E-state index contributed by atoms with van der Waals surface area (Å²) in [6.07, 6.45) is 7.08. The van der Waals surface area contributed by atoms with Gasteiger partial charge in [-0.25, -0.2) is 0 Å². The van der Waals surface area contributed by atoms with Gasteiger partial charge in [0.1, 0.15) is 0 Å². The van der Waals surface area contributed by atoms with Crippen molar-refractivity contribution in [2.24, 2.45) is 0 Å². The lowest BCUT2D eigenvalue weighted by Crippen LogP contribution is -2.43. The fourth-order valence-electron chi connectivity index (χ4n) is 3.79. The molecule has 0 aliphatic carbocycles. The molecule has 3 heterocycles. The number of amides is 1. The first-order valence-corrected chi connectivity index (χ1v) is 8.41. The lowest BCUT2D eigenvalue weighted by molar-refractivity contribution is -0.119. The summed E-state index contributed by atoms with van der Waals surface area (Å²) in [6.45, 7) is 3.21. The average Bonchev–Trinajstić information content (AvgIpc) is 3.29. The standard InChI is InChI=1S/C18H22N4O/c23-18(22-12-8-15-5-1-2-7-17(15)22)14-20-10-3-6-16(20)13-21-11-4-9-19-21/h1-2,4-5,7,9,11,16H,3,6,8,10,12-14H2. The smallest absolute Gasteiger partial charge is 0.241 e. The molecule has 0 bridgehead atoms. The Bertz CT molecular complexity index is 682. The molecule has 1 saturated heterocycles. The van der Waals surface area contributed by atoms with E-state index < -0.39 is 0 Å². The second kappa shape index (κ2) is 6.16. The lowest BCUT2D eigenvalue weighted by Gasteiger charge is -2.26. The molecule has 0 N–H and O–H groups in total. The van der Waals surface area contributed by atoms with Crippen molar-refractivity contribution in [3.63, 3.8) is 0 Å². The van der Waals surface area contributed by atoms with Crippen LogP contribution in [0.2, 0.25) is 0 Å². The minimum atomic E-state index is 0.224. The predicted octanol–water partition coefficient (Wildman–Crippen LogP) is 1.94. The number of hydrogen-bond donors (Lipinski definition) is 0. The lowest BCUT2D eigenvalue weighted by atomic mass is 10.2. The van der Waals surface area contributed by atoms with Crippen LogP contribution < -0.4 is 4.90 Å². The number of benzene rings is 1. The van der Waals surface area contributed by atoms with Gasteiger partial charge in [0.15, 0.2) is 0 Å². The van der Waals surface area contributed by atoms with Crippen molar-refractivity contribution in [2.75, 3.05) is 24.5 Å². The molecule has 1 atom stereocenters. The first-order valence-electron chi connectivity index (χ1n) is 8.41. The first kappa shape index (κ1) is 14.5. The Labute approximate surface area is 136 Å². The zero-order valence-electron chi connectivity index (χ0n) is 13.3. The monoisotopic (exact) mass is 310 g/mol. The highest BCUT2D eigenvalue weighted by Gasteiger charge is 2.30. The summed E-state index contributed by atoms with van der Waals surface area (Å²) in [6, 6.07) is 10.6. The van der Waals surface area contributed by atoms with Gasteiger partial charge in [0, 0.05) is 30.7 Å². The molecule has 1 aromatic carbocycles. The summed E-state index contributed by atoms with van der Waals surface area (Å²) >= 11 is 0. The summed E-state index contributed by atoms with van der Waals surface area (Å²) in [7, 11) is 0. The number of rotatable bonds is 4. The molecule has 1 fully saturated rings. The first-order chi connectivity index (χ1) is 11.3. The van der Waals surface area contributed by atoms with Gasteiger partial charge in [0.05, 0.1) is 13.1 Å². The van der Waals surface area contributed by atoms with Crippen molar-refractivity contribution >= 4 is 11.6 Å². The van der Waals surface area contributed by atoms with E-state index in [4.69, 9.17) is 0 Å². The maximum Gasteiger partial charge on any atom is 0.241 e. The SMILES string of the molecule is O=C(CN1CCCC1Cn1cccn1)N1CCc2ccccc21. The number of carbonyl (C=O) groups is 1. The molecule has 4 rings (SSSR count). The Balaban J connectivity index is 1.42. The van der Waals surface area contributed by atoms with Crippen LogP contribution in [-0.2, 0) is 17.8 Å². The number of para-hydroxylation sites is 1. The molecule has 5 nitrogen and oxygen atoms in total. The van der Waals surface area contributed by atoms with Gasteiger partial charge < -0.3 is 4.90 Å². The van der Waals surface area contributed by atoms with Crippen LogP contribution in [-0.4, -0.2) is 46.3 Å². The fraction of sp³-hybridized carbons (Fsp3) is 0.444. The van der Waals surface area contributed by atoms with Gasteiger partial charge in [-0.3, -0.25) is 14.4 Å². The summed E-state index contributed by atoms with van der Waals surface area (Å²) in [4.78, 5) is 17.1. The Morgan fingerprint density at radius 3 is 3.00 bits per heavy atom. The van der Waals surface area contributed by atoms with Crippen molar-refractivity contribution < 1.29 is 4.79 Å². The predicted molar refractivity (Wildman–Crippen MR) is 89.3 cm³/mol. The Hall–Kier alpha value is -2.14. The van der Waals surface area contributed by atoms with Gasteiger partial charge in [-0.1, -0.05) is 18.2 Å². The number of carbonyl (C=O) groups excluding carboxylic acids is 1. The van der Waals surface area contributed by atoms with E-state index in [9.17, 15) is 4.79 Å². The summed E-state index contributed by atoms with van der Waals surface area (Å²) in [5.74, 6) is 0.224. The largest absolute Gasteiger partial charge is 0.311 e. The number of anilines is 1. The Kier molecular flexibility index (Phi) is 3.87. The van der Waals surface area contributed by atoms with Crippen LogP contribution in [0.5, 0.6) is 0 Å². The maximum absolute atomic E-state index is 12.8. The molecule has 2 aromatic rings. The Morgan fingerprint density at radius 1 is 1.22 bits per heavy atom. The third kappa shape index (κ3) is 2.88. The topological polar surface area (TPSA) is 41.4 Å². The van der Waals surface area contributed by atoms with Crippen LogP contribution in [0.15, 0.2) is 42.7 Å². The third-order valence-electron chi connectivity index (χ3n) is 4.98. The van der Waals surface area contributed by atoms with Crippen LogP contribution >= 0.6 is 0 Å². The number of hydrogen-bond acceptors (Lipinski definition) is 3. The molecule has 2 aliphatic heterocycles. The third-order valence-corrected chi connectivity index (χ3v) is 4.98. The van der Waals surface area contributed by atoms with Crippen molar-refractivity contribution in [3.05, 3.63) is 48.3 Å². The molecule has 120 valence electrons. The van der Waals surface area contributed by atoms with Crippen LogP contribution in [0.1, 0.15) is 18.4 Å². The van der Waals surface area contributed by atoms with Gasteiger partial charge in [-0.15, -0.1) is 0 Å². The van der Waals surface area contributed by atoms with Gasteiger partial charge in [0.2, 0.25) is 5.91 Å². The number of likely N-dealkylation sites (tertiary alicyclic amines) is 1. The molecular weight excluding hydrogens is 288 g/mol. The van der Waals surface area contributed by atoms with Gasteiger partial charge in [-0.05, 0) is 43.5 Å².